The molecule has 0 spiro atoms. The summed E-state index contributed by atoms with van der Waals surface area (Å²) in [5, 5.41) is 2.00. The summed E-state index contributed by atoms with van der Waals surface area (Å²) >= 11 is 0.709. The first-order valence-corrected chi connectivity index (χ1v) is 10.8. The van der Waals surface area contributed by atoms with Gasteiger partial charge in [-0.2, -0.15) is 0 Å². The number of hydrogen-bond donors (Lipinski definition) is 1. The van der Waals surface area contributed by atoms with Crippen LogP contribution in [-0.2, 0) is 19.1 Å². The van der Waals surface area contributed by atoms with Gasteiger partial charge in [0.15, 0.2) is 18.1 Å². The fourth-order valence-corrected chi connectivity index (χ4v) is 3.92. The molecule has 178 valence electrons. The van der Waals surface area contributed by atoms with Gasteiger partial charge in [-0.15, -0.1) is 0 Å². The van der Waals surface area contributed by atoms with Crippen molar-refractivity contribution in [3.05, 3.63) is 58.8 Å². The number of amides is 3. The van der Waals surface area contributed by atoms with Crippen molar-refractivity contribution in [1.29, 1.82) is 0 Å². The van der Waals surface area contributed by atoms with Crippen molar-refractivity contribution in [3.8, 4) is 11.5 Å². The second-order valence-corrected chi connectivity index (χ2v) is 8.00. The molecular weight excluding hydrogens is 467 g/mol. The van der Waals surface area contributed by atoms with Crippen LogP contribution in [0.3, 0.4) is 0 Å². The first-order chi connectivity index (χ1) is 16.2. The second kappa shape index (κ2) is 10.8. The van der Waals surface area contributed by atoms with Crippen molar-refractivity contribution in [2.45, 2.75) is 13.0 Å². The third-order valence-electron chi connectivity index (χ3n) is 4.73. The molecule has 3 amide bonds. The summed E-state index contributed by atoms with van der Waals surface area (Å²) in [5.74, 6) is -1.60. The van der Waals surface area contributed by atoms with Gasteiger partial charge in [-0.05, 0) is 66.7 Å². The van der Waals surface area contributed by atoms with E-state index in [1.54, 1.807) is 18.2 Å². The molecule has 0 saturated carbocycles. The monoisotopic (exact) mass is 488 g/mol. The average molecular weight is 488 g/mol. The van der Waals surface area contributed by atoms with E-state index in [1.807, 2.05) is 0 Å². The van der Waals surface area contributed by atoms with Gasteiger partial charge in [-0.25, -0.2) is 9.18 Å². The molecule has 0 unspecified atom stereocenters. The third kappa shape index (κ3) is 5.73. The number of esters is 1. The molecule has 0 aromatic heterocycles. The first-order valence-electron chi connectivity index (χ1n) is 9.94. The number of nitrogens with one attached hydrogen (secondary N) is 1. The van der Waals surface area contributed by atoms with Gasteiger partial charge in [0, 0.05) is 5.69 Å². The number of rotatable bonds is 8. The van der Waals surface area contributed by atoms with E-state index in [4.69, 9.17) is 9.47 Å². The van der Waals surface area contributed by atoms with Crippen LogP contribution < -0.4 is 14.8 Å². The van der Waals surface area contributed by atoms with Crippen molar-refractivity contribution >= 4 is 46.5 Å². The molecule has 34 heavy (non-hydrogen) atoms. The van der Waals surface area contributed by atoms with E-state index < -0.39 is 34.9 Å². The van der Waals surface area contributed by atoms with Gasteiger partial charge in [-0.3, -0.25) is 19.3 Å². The Bertz CT molecular complexity index is 1150. The average Bonchev–Trinajstić information content (AvgIpc) is 3.10. The standard InChI is InChI=1S/C23H21FN2O7S/c1-13(22(29)32-3)26-21(28)19(34-23(26)30)11-14-4-9-17(18(10-14)31-2)33-12-20(27)25-16-7-5-15(24)6-8-16/h4-11,13H,12H2,1-3H3,(H,25,27)/b19-11+/t13-/m1/s1. The number of thioether (sulfide) groups is 1. The van der Waals surface area contributed by atoms with Crippen LogP contribution in [0.5, 0.6) is 11.5 Å². The van der Waals surface area contributed by atoms with Crippen LogP contribution in [-0.4, -0.2) is 54.8 Å². The van der Waals surface area contributed by atoms with Crippen LogP contribution in [0.15, 0.2) is 47.4 Å². The third-order valence-corrected chi connectivity index (χ3v) is 5.61. The number of hydrogen-bond acceptors (Lipinski definition) is 8. The number of carbonyl (C=O) groups is 4. The minimum atomic E-state index is -1.05. The zero-order valence-electron chi connectivity index (χ0n) is 18.5. The number of imide groups is 1. The SMILES string of the molecule is COC(=O)[C@@H](C)N1C(=O)S/C(=C/c2ccc(OCC(=O)Nc3ccc(F)cc3)c(OC)c2)C1=O. The number of nitrogens with zero attached hydrogens (tertiary/aromatic N) is 1. The summed E-state index contributed by atoms with van der Waals surface area (Å²) in [6.07, 6.45) is 1.49. The lowest BCUT2D eigenvalue weighted by Crippen LogP contribution is -2.42. The van der Waals surface area contributed by atoms with E-state index in [0.29, 0.717) is 28.8 Å². The van der Waals surface area contributed by atoms with E-state index in [9.17, 15) is 23.6 Å². The maximum atomic E-state index is 13.0. The van der Waals surface area contributed by atoms with Gasteiger partial charge in [0.2, 0.25) is 0 Å². The van der Waals surface area contributed by atoms with E-state index in [1.165, 1.54) is 51.5 Å². The Morgan fingerprint density at radius 3 is 2.47 bits per heavy atom. The quantitative estimate of drug-likeness (QED) is 0.444. The number of carbonyl (C=O) groups excluding carboxylic acids is 4. The highest BCUT2D eigenvalue weighted by molar-refractivity contribution is 8.18. The van der Waals surface area contributed by atoms with Crippen molar-refractivity contribution in [2.75, 3.05) is 26.1 Å². The number of halogens is 1. The highest BCUT2D eigenvalue weighted by atomic mass is 32.2. The second-order valence-electron chi connectivity index (χ2n) is 7.00. The largest absolute Gasteiger partial charge is 0.493 e. The predicted octanol–water partition coefficient (Wildman–Crippen LogP) is 3.45. The molecule has 1 N–H and O–H groups in total. The lowest BCUT2D eigenvalue weighted by molar-refractivity contribution is -0.148. The van der Waals surface area contributed by atoms with Gasteiger partial charge in [0.05, 0.1) is 19.1 Å². The molecule has 11 heteroatoms. The minimum Gasteiger partial charge on any atom is -0.493 e. The number of benzene rings is 2. The highest BCUT2D eigenvalue weighted by Gasteiger charge is 2.41. The van der Waals surface area contributed by atoms with E-state index in [2.05, 4.69) is 10.1 Å². The van der Waals surface area contributed by atoms with E-state index >= 15 is 0 Å². The molecule has 3 rings (SSSR count). The van der Waals surface area contributed by atoms with Gasteiger partial charge < -0.3 is 19.5 Å². The van der Waals surface area contributed by atoms with Crippen molar-refractivity contribution in [1.82, 2.24) is 4.90 Å². The molecule has 2 aromatic carbocycles. The maximum Gasteiger partial charge on any atom is 0.328 e. The molecule has 1 aliphatic heterocycles. The maximum absolute atomic E-state index is 13.0. The smallest absolute Gasteiger partial charge is 0.328 e. The van der Waals surface area contributed by atoms with Crippen LogP contribution in [0, 0.1) is 5.82 Å². The van der Waals surface area contributed by atoms with Gasteiger partial charge in [-0.1, -0.05) is 6.07 Å². The molecule has 9 nitrogen and oxygen atoms in total. The van der Waals surface area contributed by atoms with Crippen molar-refractivity contribution in [2.24, 2.45) is 0 Å². The number of anilines is 1. The van der Waals surface area contributed by atoms with Crippen molar-refractivity contribution < 1.29 is 37.8 Å². The molecule has 1 fully saturated rings. The molecule has 1 atom stereocenters. The van der Waals surface area contributed by atoms with E-state index in [-0.39, 0.29) is 17.3 Å². The molecule has 1 saturated heterocycles. The van der Waals surface area contributed by atoms with Gasteiger partial charge in [0.25, 0.3) is 17.1 Å². The minimum absolute atomic E-state index is 0.134. The first kappa shape index (κ1) is 24.8. The van der Waals surface area contributed by atoms with Crippen LogP contribution in [0.1, 0.15) is 12.5 Å². The summed E-state index contributed by atoms with van der Waals surface area (Å²) in [6.45, 7) is 1.09. The molecule has 0 radical (unpaired) electrons. The number of methoxy groups -OCH3 is 2. The van der Waals surface area contributed by atoms with Gasteiger partial charge >= 0.3 is 5.97 Å². The fraction of sp³-hybridized carbons (Fsp3) is 0.217. The number of ether oxygens (including phenoxy) is 3. The Kier molecular flexibility index (Phi) is 7.90. The molecule has 0 aliphatic carbocycles. The van der Waals surface area contributed by atoms with Crippen LogP contribution in [0.25, 0.3) is 6.08 Å². The molecular formula is C23H21FN2O7S. The summed E-state index contributed by atoms with van der Waals surface area (Å²) in [4.78, 5) is 49.7. The lowest BCUT2D eigenvalue weighted by Gasteiger charge is -2.18. The Balaban J connectivity index is 1.68. The molecule has 0 bridgehead atoms. The highest BCUT2D eigenvalue weighted by Crippen LogP contribution is 2.35. The zero-order chi connectivity index (χ0) is 24.8. The molecule has 1 heterocycles. The molecule has 1 aliphatic rings. The van der Waals surface area contributed by atoms with Crippen LogP contribution >= 0.6 is 11.8 Å². The predicted molar refractivity (Wildman–Crippen MR) is 123 cm³/mol. The Hall–Kier alpha value is -3.86. The normalized spacial score (nSPS) is 15.3. The fourth-order valence-electron chi connectivity index (χ4n) is 3.01. The Labute approximate surface area is 198 Å². The van der Waals surface area contributed by atoms with Crippen LogP contribution in [0.2, 0.25) is 0 Å². The van der Waals surface area contributed by atoms with Crippen molar-refractivity contribution in [3.63, 3.8) is 0 Å². The Morgan fingerprint density at radius 1 is 1.12 bits per heavy atom. The summed E-state index contributed by atoms with van der Waals surface area (Å²) < 4.78 is 28.4. The van der Waals surface area contributed by atoms with Gasteiger partial charge in [0.1, 0.15) is 11.9 Å². The topological polar surface area (TPSA) is 111 Å². The van der Waals surface area contributed by atoms with Crippen LogP contribution in [0.4, 0.5) is 14.9 Å². The lowest BCUT2D eigenvalue weighted by atomic mass is 10.1. The molecule has 2 aromatic rings. The van der Waals surface area contributed by atoms with E-state index in [0.717, 1.165) is 4.90 Å². The Morgan fingerprint density at radius 2 is 1.82 bits per heavy atom. The summed E-state index contributed by atoms with van der Waals surface area (Å²) in [6, 6.07) is 9.00. The summed E-state index contributed by atoms with van der Waals surface area (Å²) in [7, 11) is 2.59. The summed E-state index contributed by atoms with van der Waals surface area (Å²) in [5.41, 5.74) is 0.962. The zero-order valence-corrected chi connectivity index (χ0v) is 19.3.